The molecule has 0 amide bonds. The average molecular weight is 1030 g/mol. The highest BCUT2D eigenvalue weighted by molar-refractivity contribution is 7.46. The van der Waals surface area contributed by atoms with Crippen molar-refractivity contribution in [2.24, 2.45) is 22.7 Å². The van der Waals surface area contributed by atoms with E-state index in [-0.39, 0.29) is 42.8 Å². The van der Waals surface area contributed by atoms with Crippen LogP contribution in [0.15, 0.2) is 102 Å². The van der Waals surface area contributed by atoms with Gasteiger partial charge in [-0.15, -0.1) is 0 Å². The lowest BCUT2D eigenvalue weighted by Gasteiger charge is -2.68. The second kappa shape index (κ2) is 21.6. The van der Waals surface area contributed by atoms with Crippen molar-refractivity contribution in [3.63, 3.8) is 0 Å². The van der Waals surface area contributed by atoms with E-state index in [4.69, 9.17) is 37.7 Å². The highest BCUT2D eigenvalue weighted by atomic mass is 31.2. The molecule has 2 saturated carbocycles. The number of carbonyl (C=O) groups is 6. The fourth-order valence-electron chi connectivity index (χ4n) is 11.7. The summed E-state index contributed by atoms with van der Waals surface area (Å²) in [5, 5.41) is 17.6. The van der Waals surface area contributed by atoms with Crippen molar-refractivity contribution in [1.82, 2.24) is 5.32 Å². The molecule has 3 aromatic carbocycles. The van der Waals surface area contributed by atoms with Crippen molar-refractivity contribution in [2.75, 3.05) is 19.8 Å². The molecule has 3 fully saturated rings. The molecular formula is C53H64NO18P. The summed E-state index contributed by atoms with van der Waals surface area (Å²) < 4.78 is 59.4. The highest BCUT2D eigenvalue weighted by Gasteiger charge is 2.78. The fourth-order valence-corrected chi connectivity index (χ4v) is 12.1. The number of carbonyl (C=O) groups excluding carboxylic acids is 6. The maximum Gasteiger partial charge on any atom is 0.509 e. The number of hydrogen-bond donors (Lipinski definition) is 4. The number of nitrogens with one attached hydrogen (secondary N) is 1. The number of rotatable bonds is 17. The normalized spacial score (nSPS) is 29.5. The van der Waals surface area contributed by atoms with Crippen molar-refractivity contribution in [3.8, 4) is 0 Å². The third kappa shape index (κ3) is 10.8. The van der Waals surface area contributed by atoms with E-state index < -0.39 is 133 Å². The van der Waals surface area contributed by atoms with Gasteiger partial charge in [-0.05, 0) is 73.9 Å². The third-order valence-electron chi connectivity index (χ3n) is 15.3. The molecule has 0 aromatic heterocycles. The zero-order valence-corrected chi connectivity index (χ0v) is 42.9. The van der Waals surface area contributed by atoms with Crippen LogP contribution < -0.4 is 5.32 Å². The Bertz CT molecular complexity index is 2620. The van der Waals surface area contributed by atoms with Gasteiger partial charge in [0.15, 0.2) is 17.5 Å². The quantitative estimate of drug-likeness (QED) is 0.0480. The van der Waals surface area contributed by atoms with Gasteiger partial charge in [0.25, 0.3) is 0 Å². The third-order valence-corrected chi connectivity index (χ3v) is 15.8. The summed E-state index contributed by atoms with van der Waals surface area (Å²) in [6.45, 7) is 10.8. The van der Waals surface area contributed by atoms with Gasteiger partial charge in [-0.3, -0.25) is 24.2 Å². The van der Waals surface area contributed by atoms with Gasteiger partial charge in [-0.2, -0.15) is 0 Å². The molecule has 1 unspecified atom stereocenters. The average Bonchev–Trinajstić information content (AvgIpc) is 3.33. The van der Waals surface area contributed by atoms with Crippen LogP contribution in [0.4, 0.5) is 4.79 Å². The minimum atomic E-state index is -5.05. The molecule has 20 heteroatoms. The smallest absolute Gasteiger partial charge is 0.455 e. The van der Waals surface area contributed by atoms with Crippen molar-refractivity contribution >= 4 is 43.6 Å². The van der Waals surface area contributed by atoms with E-state index in [1.54, 1.807) is 76.2 Å². The number of ketones is 1. The molecule has 1 heterocycles. The molecule has 12 atom stereocenters. The fraction of sp³-hybridized carbons (Fsp3) is 0.509. The first-order valence-electron chi connectivity index (χ1n) is 24.2. The molecule has 3 aromatic rings. The van der Waals surface area contributed by atoms with Gasteiger partial charge in [0.1, 0.15) is 23.9 Å². The van der Waals surface area contributed by atoms with Crippen molar-refractivity contribution in [1.29, 1.82) is 0 Å². The Labute approximate surface area is 423 Å². The van der Waals surface area contributed by atoms with Gasteiger partial charge in [0, 0.05) is 37.1 Å². The van der Waals surface area contributed by atoms with Gasteiger partial charge in [0.2, 0.25) is 6.10 Å². The van der Waals surface area contributed by atoms with Crippen LogP contribution in [-0.4, -0.2) is 112 Å². The summed E-state index contributed by atoms with van der Waals surface area (Å²) in [7, 11) is -5.05. The number of Topliss-reactive ketones (excluding diaryl/α,β-unsaturated/α-hetero) is 1. The SMILES string of the molecule is CCOC(=O)O[C@@H](C(=O)O[C@H]1C[C@@]2(O)[C@@H](OC(=O)c3ccccc3)[C@@H]3[C@]4(OC(C)=O)CO[C@@H]4C[C@H](CCOP(=O)(O)O)[C@@]3(C)C(=O)[C@H](OC(C)=O)C(=C1C)C2(C)C)[C@@H](NC(C)c1ccccc1)c1ccccc1. The van der Waals surface area contributed by atoms with Crippen LogP contribution in [0.25, 0.3) is 0 Å². The van der Waals surface area contributed by atoms with E-state index in [9.17, 15) is 38.6 Å². The summed E-state index contributed by atoms with van der Waals surface area (Å²) in [4.78, 5) is 106. The van der Waals surface area contributed by atoms with Crippen LogP contribution in [0, 0.1) is 22.7 Å². The molecule has 7 rings (SSSR count). The first-order valence-corrected chi connectivity index (χ1v) is 25.7. The summed E-state index contributed by atoms with van der Waals surface area (Å²) in [5.41, 5.74) is -6.47. The largest absolute Gasteiger partial charge is 0.509 e. The van der Waals surface area contributed by atoms with Crippen molar-refractivity contribution in [3.05, 3.63) is 119 Å². The molecule has 3 aliphatic carbocycles. The Morgan fingerprint density at radius 1 is 0.863 bits per heavy atom. The topological polar surface area (TPSA) is 266 Å². The number of phosphoric acid groups is 1. The Balaban J connectivity index is 1.45. The Morgan fingerprint density at radius 2 is 1.47 bits per heavy atom. The lowest BCUT2D eigenvalue weighted by Crippen LogP contribution is -2.81. The molecule has 73 heavy (non-hydrogen) atoms. The Hall–Kier alpha value is -5.79. The second-order valence-corrected chi connectivity index (χ2v) is 21.1. The van der Waals surface area contributed by atoms with Gasteiger partial charge >= 0.3 is 37.9 Å². The molecule has 2 bridgehead atoms. The van der Waals surface area contributed by atoms with E-state index in [0.717, 1.165) is 19.4 Å². The molecule has 4 N–H and O–H groups in total. The van der Waals surface area contributed by atoms with Crippen molar-refractivity contribution in [2.45, 2.75) is 128 Å². The van der Waals surface area contributed by atoms with Crippen LogP contribution >= 0.6 is 7.82 Å². The minimum Gasteiger partial charge on any atom is -0.455 e. The molecule has 19 nitrogen and oxygen atoms in total. The highest BCUT2D eigenvalue weighted by Crippen LogP contribution is 2.66. The maximum absolute atomic E-state index is 16.2. The van der Waals surface area contributed by atoms with Crippen LogP contribution in [0.5, 0.6) is 0 Å². The monoisotopic (exact) mass is 1030 g/mol. The molecule has 394 valence electrons. The predicted molar refractivity (Wildman–Crippen MR) is 258 cm³/mol. The van der Waals surface area contributed by atoms with E-state index in [1.165, 1.54) is 19.1 Å². The summed E-state index contributed by atoms with van der Waals surface area (Å²) >= 11 is 0. The van der Waals surface area contributed by atoms with E-state index in [0.29, 0.717) is 5.56 Å². The number of phosphoric ester groups is 1. The number of benzene rings is 3. The first kappa shape index (κ1) is 55.0. The summed E-state index contributed by atoms with van der Waals surface area (Å²) in [6, 6.07) is 24.3. The summed E-state index contributed by atoms with van der Waals surface area (Å²) in [6.07, 6.45) is -10.2. The molecular weight excluding hydrogens is 970 g/mol. The molecule has 4 aliphatic rings. The van der Waals surface area contributed by atoms with Gasteiger partial charge in [0.05, 0.1) is 37.3 Å². The number of aliphatic hydroxyl groups is 1. The predicted octanol–water partition coefficient (Wildman–Crippen LogP) is 6.59. The maximum atomic E-state index is 16.2. The molecule has 1 aliphatic heterocycles. The van der Waals surface area contributed by atoms with Crippen molar-refractivity contribution < 1.29 is 85.9 Å². The lowest BCUT2D eigenvalue weighted by molar-refractivity contribution is -0.342. The van der Waals surface area contributed by atoms with Crippen LogP contribution in [0.3, 0.4) is 0 Å². The van der Waals surface area contributed by atoms with Gasteiger partial charge in [-0.1, -0.05) is 99.6 Å². The Morgan fingerprint density at radius 3 is 2.01 bits per heavy atom. The van der Waals surface area contributed by atoms with Crippen LogP contribution in [-0.2, 0) is 61.4 Å². The standard InChI is InChI=1S/C53H64NO18P/c1-9-65-49(60)70-43(41(35-21-15-11-16-22-35)54-31(3)34-19-13-10-14-20-34)48(59)69-38-28-53(61)46(71-47(58)36-23-17-12-18-24-36)44-51(8,45(57)42(68-32(4)55)40(30(38)2)50(53,6)7)37(25-26-67-73(62,63)64)27-39-52(44,29-66-39)72-33(5)56/h10-24,31,37-39,41-44,46,54,61H,9,25-29H2,1-8H3,(H2,62,63,64)/t31?,37-,38-,39+,41-,42+,43+,44-,46-,51+,52-,53+/m0/s1. The number of fused-ring (bicyclic) bond motifs is 5. The minimum absolute atomic E-state index is 0.0169. The molecule has 1 saturated heterocycles. The van der Waals surface area contributed by atoms with Gasteiger partial charge < -0.3 is 48.1 Å². The number of hydrogen-bond acceptors (Lipinski definition) is 17. The van der Waals surface area contributed by atoms with Crippen LogP contribution in [0.1, 0.15) is 108 Å². The molecule has 0 radical (unpaired) electrons. The summed E-state index contributed by atoms with van der Waals surface area (Å²) in [5.74, 6) is -7.20. The zero-order chi connectivity index (χ0) is 53.3. The lowest BCUT2D eigenvalue weighted by atomic mass is 9.43. The molecule has 0 spiro atoms. The van der Waals surface area contributed by atoms with E-state index >= 15 is 9.59 Å². The van der Waals surface area contributed by atoms with E-state index in [1.807, 2.05) is 37.3 Å². The number of esters is 4. The van der Waals surface area contributed by atoms with Gasteiger partial charge in [-0.25, -0.2) is 18.9 Å². The Kier molecular flexibility index (Phi) is 16.3. The zero-order valence-electron chi connectivity index (χ0n) is 42.0. The number of ether oxygens (including phenoxy) is 7. The van der Waals surface area contributed by atoms with E-state index in [2.05, 4.69) is 5.32 Å². The van der Waals surface area contributed by atoms with Crippen LogP contribution in [0.2, 0.25) is 0 Å². The second-order valence-electron chi connectivity index (χ2n) is 19.9. The first-order chi connectivity index (χ1) is 34.4.